The second-order valence-electron chi connectivity index (χ2n) is 8.34. The summed E-state index contributed by atoms with van der Waals surface area (Å²) in [5.41, 5.74) is 0. The van der Waals surface area contributed by atoms with Crippen LogP contribution in [0, 0.1) is 17.8 Å². The van der Waals surface area contributed by atoms with E-state index in [9.17, 15) is 0 Å². The van der Waals surface area contributed by atoms with Gasteiger partial charge < -0.3 is 5.32 Å². The molecule has 0 spiro atoms. The molecule has 2 atom stereocenters. The van der Waals surface area contributed by atoms with Gasteiger partial charge in [0.15, 0.2) is 0 Å². The highest BCUT2D eigenvalue weighted by molar-refractivity contribution is 5.02. The van der Waals surface area contributed by atoms with Crippen molar-refractivity contribution < 1.29 is 0 Å². The van der Waals surface area contributed by atoms with Crippen LogP contribution in [0.25, 0.3) is 0 Å². The van der Waals surface area contributed by atoms with Crippen molar-refractivity contribution in [2.24, 2.45) is 17.8 Å². The Hall–Kier alpha value is -0.0800. The van der Waals surface area contributed by atoms with Gasteiger partial charge in [0, 0.05) is 31.2 Å². The number of hydrogen-bond acceptors (Lipinski definition) is 2. The summed E-state index contributed by atoms with van der Waals surface area (Å²) in [6.45, 7) is 5.02. The van der Waals surface area contributed by atoms with E-state index in [1.54, 1.807) is 0 Å². The van der Waals surface area contributed by atoms with Gasteiger partial charge in [0.1, 0.15) is 0 Å². The number of nitrogens with zero attached hydrogens (tertiary/aromatic N) is 1. The first kappa shape index (κ1) is 14.5. The topological polar surface area (TPSA) is 15.3 Å². The maximum absolute atomic E-state index is 3.95. The van der Waals surface area contributed by atoms with E-state index >= 15 is 0 Å². The van der Waals surface area contributed by atoms with Gasteiger partial charge in [0.05, 0.1) is 0 Å². The summed E-state index contributed by atoms with van der Waals surface area (Å²) in [7, 11) is 0. The zero-order valence-corrected chi connectivity index (χ0v) is 13.9. The molecule has 0 amide bonds. The van der Waals surface area contributed by atoms with Crippen LogP contribution in [-0.2, 0) is 0 Å². The van der Waals surface area contributed by atoms with E-state index < -0.39 is 0 Å². The Bertz CT molecular complexity index is 329. The summed E-state index contributed by atoms with van der Waals surface area (Å²) < 4.78 is 0. The van der Waals surface area contributed by atoms with Crippen LogP contribution in [0.1, 0.15) is 71.1 Å². The van der Waals surface area contributed by atoms with Crippen molar-refractivity contribution in [2.45, 2.75) is 89.3 Å². The molecule has 3 saturated carbocycles. The molecule has 0 radical (unpaired) electrons. The maximum atomic E-state index is 3.95. The Morgan fingerprint density at radius 1 is 0.952 bits per heavy atom. The molecule has 0 aromatic rings. The lowest BCUT2D eigenvalue weighted by atomic mass is 9.82. The molecule has 0 aromatic heterocycles. The third kappa shape index (κ3) is 3.17. The summed E-state index contributed by atoms with van der Waals surface area (Å²) in [6.07, 6.45) is 14.8. The molecule has 1 aliphatic heterocycles. The lowest BCUT2D eigenvalue weighted by Gasteiger charge is -2.47. The minimum Gasteiger partial charge on any atom is -0.311 e. The standard InChI is InChI=1S/C19H34N2/c1-2-17-12-20-18(14-6-4-3-5-7-14)13-21(17)19(15-8-9-15)16-10-11-16/h14-20H,2-13H2,1H3. The van der Waals surface area contributed by atoms with Crippen LogP contribution < -0.4 is 5.32 Å². The molecular weight excluding hydrogens is 256 g/mol. The Morgan fingerprint density at radius 3 is 2.19 bits per heavy atom. The molecule has 1 N–H and O–H groups in total. The first-order valence-corrected chi connectivity index (χ1v) is 9.86. The number of nitrogens with one attached hydrogen (secondary N) is 1. The van der Waals surface area contributed by atoms with Gasteiger partial charge in [-0.25, -0.2) is 0 Å². The first-order chi connectivity index (χ1) is 10.4. The molecule has 120 valence electrons. The smallest absolute Gasteiger partial charge is 0.0224 e. The molecule has 0 aromatic carbocycles. The summed E-state index contributed by atoms with van der Waals surface area (Å²) >= 11 is 0. The molecule has 1 saturated heterocycles. The lowest BCUT2D eigenvalue weighted by Crippen LogP contribution is -2.62. The van der Waals surface area contributed by atoms with Gasteiger partial charge in [0.25, 0.3) is 0 Å². The fraction of sp³-hybridized carbons (Fsp3) is 1.00. The minimum absolute atomic E-state index is 0.799. The lowest BCUT2D eigenvalue weighted by molar-refractivity contribution is 0.0378. The van der Waals surface area contributed by atoms with Crippen molar-refractivity contribution in [3.05, 3.63) is 0 Å². The Balaban J connectivity index is 1.45. The number of piperazine rings is 1. The monoisotopic (exact) mass is 290 g/mol. The maximum Gasteiger partial charge on any atom is 0.0224 e. The average Bonchev–Trinajstić information content (AvgIpc) is 3.43. The van der Waals surface area contributed by atoms with E-state index in [4.69, 9.17) is 0 Å². The van der Waals surface area contributed by atoms with E-state index in [-0.39, 0.29) is 0 Å². The van der Waals surface area contributed by atoms with Crippen molar-refractivity contribution in [1.29, 1.82) is 0 Å². The van der Waals surface area contributed by atoms with Crippen LogP contribution in [0.4, 0.5) is 0 Å². The van der Waals surface area contributed by atoms with Gasteiger partial charge in [-0.1, -0.05) is 26.2 Å². The summed E-state index contributed by atoms with van der Waals surface area (Å²) in [5.74, 6) is 3.10. The summed E-state index contributed by atoms with van der Waals surface area (Å²) in [4.78, 5) is 3.01. The SMILES string of the molecule is CCC1CNC(C2CCCCC2)CN1C(C1CC1)C1CC1. The fourth-order valence-electron chi connectivity index (χ4n) is 5.24. The van der Waals surface area contributed by atoms with Crippen LogP contribution in [0.5, 0.6) is 0 Å². The molecule has 1 heterocycles. The van der Waals surface area contributed by atoms with Crippen molar-refractivity contribution in [1.82, 2.24) is 10.2 Å². The summed E-state index contributed by atoms with van der Waals surface area (Å²) in [5, 5.41) is 3.95. The number of hydrogen-bond donors (Lipinski definition) is 1. The zero-order chi connectivity index (χ0) is 14.2. The Labute approximate surface area is 131 Å². The Kier molecular flexibility index (Phi) is 4.28. The Morgan fingerprint density at radius 2 is 1.62 bits per heavy atom. The van der Waals surface area contributed by atoms with Gasteiger partial charge in [-0.2, -0.15) is 0 Å². The van der Waals surface area contributed by atoms with Crippen molar-refractivity contribution in [3.8, 4) is 0 Å². The normalized spacial score (nSPS) is 36.3. The van der Waals surface area contributed by atoms with Crippen LogP contribution in [-0.4, -0.2) is 36.1 Å². The van der Waals surface area contributed by atoms with Crippen LogP contribution in [0.2, 0.25) is 0 Å². The van der Waals surface area contributed by atoms with Gasteiger partial charge in [-0.15, -0.1) is 0 Å². The van der Waals surface area contributed by atoms with Gasteiger partial charge in [0.2, 0.25) is 0 Å². The molecule has 4 rings (SSSR count). The van der Waals surface area contributed by atoms with E-state index in [0.717, 1.165) is 35.9 Å². The molecular formula is C19H34N2. The third-order valence-corrected chi connectivity index (χ3v) is 6.78. The fourth-order valence-corrected chi connectivity index (χ4v) is 5.24. The van der Waals surface area contributed by atoms with E-state index in [2.05, 4.69) is 17.1 Å². The second-order valence-corrected chi connectivity index (χ2v) is 8.34. The molecule has 2 nitrogen and oxygen atoms in total. The van der Waals surface area contributed by atoms with Crippen LogP contribution in [0.15, 0.2) is 0 Å². The van der Waals surface area contributed by atoms with E-state index in [0.29, 0.717) is 0 Å². The highest BCUT2D eigenvalue weighted by atomic mass is 15.3. The largest absolute Gasteiger partial charge is 0.311 e. The molecule has 4 fully saturated rings. The van der Waals surface area contributed by atoms with E-state index in [1.807, 2.05) is 0 Å². The van der Waals surface area contributed by atoms with Crippen molar-refractivity contribution in [3.63, 3.8) is 0 Å². The first-order valence-electron chi connectivity index (χ1n) is 9.86. The second kappa shape index (κ2) is 6.20. The van der Waals surface area contributed by atoms with Crippen LogP contribution in [0.3, 0.4) is 0 Å². The van der Waals surface area contributed by atoms with Crippen LogP contribution >= 0.6 is 0 Å². The van der Waals surface area contributed by atoms with Crippen molar-refractivity contribution in [2.75, 3.05) is 13.1 Å². The quantitative estimate of drug-likeness (QED) is 0.828. The molecule has 0 bridgehead atoms. The highest BCUT2D eigenvalue weighted by Crippen LogP contribution is 2.48. The molecule has 21 heavy (non-hydrogen) atoms. The van der Waals surface area contributed by atoms with E-state index in [1.165, 1.54) is 77.3 Å². The average molecular weight is 290 g/mol. The highest BCUT2D eigenvalue weighted by Gasteiger charge is 2.47. The van der Waals surface area contributed by atoms with Gasteiger partial charge >= 0.3 is 0 Å². The minimum atomic E-state index is 0.799. The molecule has 4 aliphatic rings. The summed E-state index contributed by atoms with van der Waals surface area (Å²) in [6, 6.07) is 2.58. The zero-order valence-electron chi connectivity index (χ0n) is 13.9. The number of rotatable bonds is 5. The van der Waals surface area contributed by atoms with Crippen molar-refractivity contribution >= 4 is 0 Å². The predicted octanol–water partition coefficient (Wildman–Crippen LogP) is 3.81. The van der Waals surface area contributed by atoms with Gasteiger partial charge in [-0.3, -0.25) is 4.90 Å². The molecule has 2 heteroatoms. The van der Waals surface area contributed by atoms with Gasteiger partial charge in [-0.05, 0) is 62.7 Å². The third-order valence-electron chi connectivity index (χ3n) is 6.78. The molecule has 2 unspecified atom stereocenters. The molecule has 3 aliphatic carbocycles. The predicted molar refractivity (Wildman–Crippen MR) is 88.4 cm³/mol.